The Labute approximate surface area is 504 Å². The third-order valence-electron chi connectivity index (χ3n) is 16.0. The molecule has 7 rings (SSSR count). The zero-order valence-electron chi connectivity index (χ0n) is 51.3. The first-order chi connectivity index (χ1) is 40.8. The summed E-state index contributed by atoms with van der Waals surface area (Å²) >= 11 is 0. The number of benzene rings is 5. The van der Waals surface area contributed by atoms with Gasteiger partial charge in [0, 0.05) is 36.3 Å². The summed E-state index contributed by atoms with van der Waals surface area (Å²) in [4.78, 5) is 117. The maximum Gasteiger partial charge on any atom is 0.251 e. The van der Waals surface area contributed by atoms with E-state index in [-0.39, 0.29) is 37.1 Å². The SMILES string of the molecule is CN[C@@H](C)C(=O)N[C@H](C(=O)N1C[C@@H](NC(=O)c2ccc(C(=O)N[C@H]3C[C@@H](C(=O)NC(c4ccccc4)c4ccc(OC)cc4)N(C(=O)[C@@H](NC(=O)[C@H](C)NC)C(C)(C)C)C3)cc2)C[C@H]1C(=O)NC(c1ccccc1)c1ccc(OC)cc1)C(C)(C)C. The minimum absolute atomic E-state index is 0.0396. The lowest BCUT2D eigenvalue weighted by Crippen LogP contribution is -2.59. The van der Waals surface area contributed by atoms with Crippen molar-refractivity contribution in [3.05, 3.63) is 167 Å². The molecule has 20 heteroatoms. The van der Waals surface area contributed by atoms with E-state index in [1.54, 1.807) is 66.4 Å². The molecule has 458 valence electrons. The Bertz CT molecular complexity index is 2960. The molecule has 0 aliphatic carbocycles. The molecule has 8 amide bonds. The summed E-state index contributed by atoms with van der Waals surface area (Å²) in [7, 11) is 6.42. The first-order valence-corrected chi connectivity index (χ1v) is 29.1. The van der Waals surface area contributed by atoms with Crippen LogP contribution in [-0.4, -0.2) is 147 Å². The third-order valence-corrected chi connectivity index (χ3v) is 16.0. The summed E-state index contributed by atoms with van der Waals surface area (Å²) in [5.41, 5.74) is 1.92. The van der Waals surface area contributed by atoms with Crippen LogP contribution in [0.25, 0.3) is 0 Å². The molecule has 2 fully saturated rings. The number of nitrogens with zero attached hydrogens (tertiary/aromatic N) is 2. The zero-order chi connectivity index (χ0) is 62.6. The fraction of sp³-hybridized carbons (Fsp3) is 0.424. The van der Waals surface area contributed by atoms with Gasteiger partial charge in [0.1, 0.15) is 35.7 Å². The Morgan fingerprint density at radius 3 is 1.06 bits per heavy atom. The average Bonchev–Trinajstić information content (AvgIpc) is 2.93. The van der Waals surface area contributed by atoms with Crippen LogP contribution >= 0.6 is 0 Å². The van der Waals surface area contributed by atoms with Crippen LogP contribution in [0.15, 0.2) is 133 Å². The van der Waals surface area contributed by atoms with Crippen molar-refractivity contribution in [3.63, 3.8) is 0 Å². The second-order valence-corrected chi connectivity index (χ2v) is 24.3. The lowest BCUT2D eigenvalue weighted by molar-refractivity contribution is -0.144. The summed E-state index contributed by atoms with van der Waals surface area (Å²) in [5, 5.41) is 24.1. The second-order valence-electron chi connectivity index (χ2n) is 24.3. The van der Waals surface area contributed by atoms with E-state index >= 15 is 0 Å². The van der Waals surface area contributed by atoms with Gasteiger partial charge >= 0.3 is 0 Å². The summed E-state index contributed by atoms with van der Waals surface area (Å²) in [6, 6.07) is 31.2. The van der Waals surface area contributed by atoms with Crippen molar-refractivity contribution in [1.29, 1.82) is 0 Å². The first-order valence-electron chi connectivity index (χ1n) is 29.1. The van der Waals surface area contributed by atoms with Crippen LogP contribution in [-0.2, 0) is 28.8 Å². The van der Waals surface area contributed by atoms with Gasteiger partial charge in [0.15, 0.2) is 0 Å². The highest BCUT2D eigenvalue weighted by Gasteiger charge is 2.48. The van der Waals surface area contributed by atoms with Gasteiger partial charge in [-0.15, -0.1) is 0 Å². The van der Waals surface area contributed by atoms with E-state index in [0.29, 0.717) is 11.5 Å². The number of ether oxygens (including phenoxy) is 2. The van der Waals surface area contributed by atoms with E-state index in [2.05, 4.69) is 42.5 Å². The summed E-state index contributed by atoms with van der Waals surface area (Å²) in [6.07, 6.45) is 0.0792. The quantitative estimate of drug-likeness (QED) is 0.0446. The van der Waals surface area contributed by atoms with Gasteiger partial charge in [0.05, 0.1) is 38.4 Å². The molecular weight excluding hydrogens is 1090 g/mol. The number of nitrogens with one attached hydrogen (secondary N) is 8. The molecule has 20 nitrogen and oxygen atoms in total. The molecule has 2 aliphatic rings. The second kappa shape index (κ2) is 28.5. The van der Waals surface area contributed by atoms with Crippen LogP contribution in [0.5, 0.6) is 11.5 Å². The number of likely N-dealkylation sites (N-methyl/N-ethyl adjacent to an activating group) is 2. The molecule has 0 bridgehead atoms. The molecule has 10 atom stereocenters. The summed E-state index contributed by atoms with van der Waals surface area (Å²) in [5.74, 6) is -2.49. The number of hydrogen-bond donors (Lipinski definition) is 8. The van der Waals surface area contributed by atoms with Gasteiger partial charge in [-0.3, -0.25) is 38.4 Å². The number of rotatable bonds is 22. The van der Waals surface area contributed by atoms with Crippen LogP contribution in [0, 0.1) is 10.8 Å². The maximum atomic E-state index is 14.9. The monoisotopic (exact) mass is 1180 g/mol. The number of carbonyl (C=O) groups is 8. The molecule has 8 N–H and O–H groups in total. The van der Waals surface area contributed by atoms with E-state index in [1.165, 1.54) is 34.1 Å². The van der Waals surface area contributed by atoms with Gasteiger partial charge in [0.25, 0.3) is 11.8 Å². The van der Waals surface area contributed by atoms with Crippen molar-refractivity contribution >= 4 is 47.3 Å². The van der Waals surface area contributed by atoms with E-state index < -0.39 is 119 Å². The molecule has 2 heterocycles. The van der Waals surface area contributed by atoms with Crippen LogP contribution in [0.1, 0.15) is 123 Å². The molecular formula is C66H84N10O10. The van der Waals surface area contributed by atoms with Gasteiger partial charge < -0.3 is 61.8 Å². The van der Waals surface area contributed by atoms with E-state index in [1.807, 2.05) is 126 Å². The largest absolute Gasteiger partial charge is 0.497 e. The van der Waals surface area contributed by atoms with Crippen molar-refractivity contribution in [2.24, 2.45) is 10.8 Å². The fourth-order valence-corrected chi connectivity index (χ4v) is 10.7. The maximum absolute atomic E-state index is 14.9. The standard InChI is InChI=1S/C66H84N10O10/c1-39(67-9)57(77)73-55(65(3,4)5)63(83)75-37-47(35-51(75)61(81)71-53(41-19-15-13-16-20-41)43-27-31-49(85-11)32-28-43)69-59(79)45-23-25-46(26-24-45)60(80)70-48-36-52(76(38-48)64(84)56(66(6,7)8)74-58(78)40(2)68-10)62(82)72-54(42-21-17-14-18-22-42)44-29-33-50(86-12)34-30-44/h13-34,39-40,47-48,51-56,67-68H,35-38H2,1-12H3,(H,69,79)(H,70,80)(H,71,81)(H,72,82)(H,73,77)(H,74,78)/t39-,40-,47-,48-,51-,52-,53?,54?,55+,56+/m0/s1. The van der Waals surface area contributed by atoms with Gasteiger partial charge in [-0.05, 0) is 122 Å². The number of amides is 8. The lowest BCUT2D eigenvalue weighted by Gasteiger charge is -2.36. The zero-order valence-corrected chi connectivity index (χ0v) is 51.3. The molecule has 5 aromatic carbocycles. The summed E-state index contributed by atoms with van der Waals surface area (Å²) < 4.78 is 10.8. The molecule has 5 aromatic rings. The predicted octanol–water partition coefficient (Wildman–Crippen LogP) is 5.19. The van der Waals surface area contributed by atoms with Gasteiger partial charge in [0.2, 0.25) is 35.4 Å². The normalized spacial score (nSPS) is 18.9. The first kappa shape index (κ1) is 64.9. The fourth-order valence-electron chi connectivity index (χ4n) is 10.7. The lowest BCUT2D eigenvalue weighted by atomic mass is 9.85. The highest BCUT2D eigenvalue weighted by molar-refractivity contribution is 5.99. The molecule has 2 unspecified atom stereocenters. The molecule has 0 radical (unpaired) electrons. The Balaban J connectivity index is 1.11. The van der Waals surface area contributed by atoms with Crippen LogP contribution in [0.2, 0.25) is 0 Å². The Kier molecular flexibility index (Phi) is 21.5. The van der Waals surface area contributed by atoms with Crippen LogP contribution in [0.4, 0.5) is 0 Å². The van der Waals surface area contributed by atoms with Gasteiger partial charge in [-0.2, -0.15) is 0 Å². The van der Waals surface area contributed by atoms with Crippen molar-refractivity contribution in [3.8, 4) is 11.5 Å². The minimum atomic E-state index is -1.07. The molecule has 2 saturated heterocycles. The van der Waals surface area contributed by atoms with Crippen LogP contribution < -0.4 is 52.0 Å². The Morgan fingerprint density at radius 2 is 0.767 bits per heavy atom. The molecule has 0 spiro atoms. The Morgan fingerprint density at radius 1 is 0.453 bits per heavy atom. The van der Waals surface area contributed by atoms with Gasteiger partial charge in [-0.25, -0.2) is 0 Å². The number of likely N-dealkylation sites (tertiary alicyclic amines) is 2. The molecule has 2 aliphatic heterocycles. The van der Waals surface area contributed by atoms with Crippen molar-refractivity contribution in [1.82, 2.24) is 52.3 Å². The van der Waals surface area contributed by atoms with E-state index in [4.69, 9.17) is 9.47 Å². The molecule has 0 saturated carbocycles. The average molecular weight is 1180 g/mol. The van der Waals surface area contributed by atoms with Crippen molar-refractivity contribution < 1.29 is 47.8 Å². The van der Waals surface area contributed by atoms with Crippen molar-refractivity contribution in [2.45, 2.75) is 129 Å². The number of hydrogen-bond acceptors (Lipinski definition) is 12. The molecule has 0 aromatic heterocycles. The smallest absolute Gasteiger partial charge is 0.251 e. The highest BCUT2D eigenvalue weighted by Crippen LogP contribution is 2.32. The van der Waals surface area contributed by atoms with Crippen molar-refractivity contribution in [2.75, 3.05) is 41.4 Å². The van der Waals surface area contributed by atoms with E-state index in [0.717, 1.165) is 22.3 Å². The summed E-state index contributed by atoms with van der Waals surface area (Å²) in [6.45, 7) is 14.2. The van der Waals surface area contributed by atoms with E-state index in [9.17, 15) is 38.4 Å². The van der Waals surface area contributed by atoms with Crippen LogP contribution in [0.3, 0.4) is 0 Å². The molecule has 86 heavy (non-hydrogen) atoms. The number of methoxy groups -OCH3 is 2. The highest BCUT2D eigenvalue weighted by atomic mass is 16.5. The Hall–Kier alpha value is -8.62. The predicted molar refractivity (Wildman–Crippen MR) is 328 cm³/mol. The topological polar surface area (TPSA) is 258 Å². The minimum Gasteiger partial charge on any atom is -0.497 e. The van der Waals surface area contributed by atoms with Gasteiger partial charge in [-0.1, -0.05) is 126 Å². The number of carbonyl (C=O) groups excluding carboxylic acids is 8. The third kappa shape index (κ3) is 16.0.